The Labute approximate surface area is 171 Å². The SMILES string of the molecule is CCCC(=O)Nc1ccc2c(c1)N(CCCCOc1ccccc1C)C(=O)CO2. The van der Waals surface area contributed by atoms with Gasteiger partial charge in [-0.1, -0.05) is 25.1 Å². The zero-order valence-corrected chi connectivity index (χ0v) is 17.1. The van der Waals surface area contributed by atoms with Crippen molar-refractivity contribution in [2.45, 2.75) is 39.5 Å². The average molecular weight is 396 g/mol. The van der Waals surface area contributed by atoms with Gasteiger partial charge < -0.3 is 19.7 Å². The number of benzene rings is 2. The minimum absolute atomic E-state index is 0.0320. The highest BCUT2D eigenvalue weighted by Gasteiger charge is 2.25. The van der Waals surface area contributed by atoms with Gasteiger partial charge in [0.15, 0.2) is 6.61 Å². The third kappa shape index (κ3) is 5.50. The predicted molar refractivity (Wildman–Crippen MR) is 114 cm³/mol. The number of ether oxygens (including phenoxy) is 2. The van der Waals surface area contributed by atoms with Crippen LogP contribution in [0.3, 0.4) is 0 Å². The maximum absolute atomic E-state index is 12.4. The summed E-state index contributed by atoms with van der Waals surface area (Å²) >= 11 is 0. The summed E-state index contributed by atoms with van der Waals surface area (Å²) in [6.45, 7) is 5.20. The van der Waals surface area contributed by atoms with Gasteiger partial charge in [0.05, 0.1) is 12.3 Å². The van der Waals surface area contributed by atoms with Crippen molar-refractivity contribution < 1.29 is 19.1 Å². The molecule has 1 aliphatic heterocycles. The number of aryl methyl sites for hydroxylation is 1. The highest BCUT2D eigenvalue weighted by atomic mass is 16.5. The van der Waals surface area contributed by atoms with Gasteiger partial charge in [0.2, 0.25) is 5.91 Å². The molecule has 6 nitrogen and oxygen atoms in total. The van der Waals surface area contributed by atoms with Crippen LogP contribution >= 0.6 is 0 Å². The monoisotopic (exact) mass is 396 g/mol. The summed E-state index contributed by atoms with van der Waals surface area (Å²) in [5, 5.41) is 2.88. The first-order valence-electron chi connectivity index (χ1n) is 10.1. The Kier molecular flexibility index (Phi) is 7.11. The molecule has 2 aromatic rings. The predicted octanol–water partition coefficient (Wildman–Crippen LogP) is 4.32. The molecule has 1 N–H and O–H groups in total. The number of rotatable bonds is 9. The van der Waals surface area contributed by atoms with Crippen molar-refractivity contribution in [3.05, 3.63) is 48.0 Å². The first kappa shape index (κ1) is 20.7. The molecule has 0 saturated carbocycles. The summed E-state index contributed by atoms with van der Waals surface area (Å²) in [7, 11) is 0. The molecule has 2 aromatic carbocycles. The molecule has 2 amide bonds. The number of anilines is 2. The largest absolute Gasteiger partial charge is 0.493 e. The topological polar surface area (TPSA) is 67.9 Å². The van der Waals surface area contributed by atoms with Crippen LogP contribution in [0.15, 0.2) is 42.5 Å². The second kappa shape index (κ2) is 9.96. The Morgan fingerprint density at radius 1 is 1.21 bits per heavy atom. The second-order valence-electron chi connectivity index (χ2n) is 7.14. The number of nitrogens with zero attached hydrogens (tertiary/aromatic N) is 1. The number of para-hydroxylation sites is 1. The summed E-state index contributed by atoms with van der Waals surface area (Å²) in [6, 6.07) is 13.4. The molecule has 6 heteroatoms. The quantitative estimate of drug-likeness (QED) is 0.641. The van der Waals surface area contributed by atoms with Gasteiger partial charge in [-0.25, -0.2) is 0 Å². The van der Waals surface area contributed by atoms with Crippen molar-refractivity contribution in [3.8, 4) is 11.5 Å². The highest BCUT2D eigenvalue weighted by Crippen LogP contribution is 2.34. The van der Waals surface area contributed by atoms with Crippen LogP contribution in [0.4, 0.5) is 11.4 Å². The molecule has 0 saturated heterocycles. The van der Waals surface area contributed by atoms with Gasteiger partial charge in [-0.15, -0.1) is 0 Å². The van der Waals surface area contributed by atoms with Crippen molar-refractivity contribution in [1.82, 2.24) is 0 Å². The minimum Gasteiger partial charge on any atom is -0.493 e. The van der Waals surface area contributed by atoms with Gasteiger partial charge in [0.1, 0.15) is 11.5 Å². The van der Waals surface area contributed by atoms with Crippen LogP contribution in [0.25, 0.3) is 0 Å². The standard InChI is InChI=1S/C23H28N2O4/c1-3-8-22(26)24-18-11-12-21-19(15-18)25(23(27)16-29-21)13-6-7-14-28-20-10-5-4-9-17(20)2/h4-5,9-12,15H,3,6-8,13-14,16H2,1-2H3,(H,24,26). The van der Waals surface area contributed by atoms with Crippen LogP contribution in [0.5, 0.6) is 11.5 Å². The number of carbonyl (C=O) groups excluding carboxylic acids is 2. The van der Waals surface area contributed by atoms with Gasteiger partial charge >= 0.3 is 0 Å². The molecule has 0 aliphatic carbocycles. The number of unbranched alkanes of at least 4 members (excludes halogenated alkanes) is 1. The Morgan fingerprint density at radius 2 is 2.03 bits per heavy atom. The molecular formula is C23H28N2O4. The lowest BCUT2D eigenvalue weighted by atomic mass is 10.2. The number of hydrogen-bond acceptors (Lipinski definition) is 4. The molecule has 0 unspecified atom stereocenters. The molecule has 0 radical (unpaired) electrons. The zero-order chi connectivity index (χ0) is 20.6. The molecule has 29 heavy (non-hydrogen) atoms. The van der Waals surface area contributed by atoms with Crippen LogP contribution in [0.2, 0.25) is 0 Å². The average Bonchev–Trinajstić information content (AvgIpc) is 2.70. The van der Waals surface area contributed by atoms with Gasteiger partial charge in [-0.3, -0.25) is 9.59 Å². The maximum atomic E-state index is 12.4. The van der Waals surface area contributed by atoms with E-state index in [2.05, 4.69) is 5.32 Å². The second-order valence-corrected chi connectivity index (χ2v) is 7.14. The van der Waals surface area contributed by atoms with E-state index < -0.39 is 0 Å². The van der Waals surface area contributed by atoms with E-state index in [1.54, 1.807) is 17.0 Å². The summed E-state index contributed by atoms with van der Waals surface area (Å²) < 4.78 is 11.4. The van der Waals surface area contributed by atoms with Crippen LogP contribution in [-0.4, -0.2) is 31.6 Å². The molecule has 0 bridgehead atoms. The summed E-state index contributed by atoms with van der Waals surface area (Å²) in [6.07, 6.45) is 2.90. The number of carbonyl (C=O) groups is 2. The summed E-state index contributed by atoms with van der Waals surface area (Å²) in [4.78, 5) is 26.0. The van der Waals surface area contributed by atoms with E-state index in [9.17, 15) is 9.59 Å². The van der Waals surface area contributed by atoms with Crippen LogP contribution in [0.1, 0.15) is 38.2 Å². The Bertz CT molecular complexity index is 866. The van der Waals surface area contributed by atoms with Crippen molar-refractivity contribution in [3.63, 3.8) is 0 Å². The van der Waals surface area contributed by atoms with Gasteiger partial charge in [-0.2, -0.15) is 0 Å². The molecule has 1 aliphatic rings. The van der Waals surface area contributed by atoms with Crippen LogP contribution in [-0.2, 0) is 9.59 Å². The number of amides is 2. The smallest absolute Gasteiger partial charge is 0.265 e. The third-order valence-corrected chi connectivity index (χ3v) is 4.79. The fraction of sp³-hybridized carbons (Fsp3) is 0.391. The van der Waals surface area contributed by atoms with Gasteiger partial charge in [0, 0.05) is 18.7 Å². The van der Waals surface area contributed by atoms with Gasteiger partial charge in [0.25, 0.3) is 5.91 Å². The Morgan fingerprint density at radius 3 is 2.83 bits per heavy atom. The molecule has 0 fully saturated rings. The first-order chi connectivity index (χ1) is 14.1. The number of nitrogens with one attached hydrogen (secondary N) is 1. The molecule has 1 heterocycles. The molecule has 0 atom stereocenters. The number of hydrogen-bond donors (Lipinski definition) is 1. The van der Waals surface area contributed by atoms with E-state index in [1.165, 1.54) is 0 Å². The van der Waals surface area contributed by atoms with Gasteiger partial charge in [-0.05, 0) is 56.0 Å². The fourth-order valence-electron chi connectivity index (χ4n) is 3.25. The minimum atomic E-state index is -0.0747. The van der Waals surface area contributed by atoms with Crippen molar-refractivity contribution in [2.75, 3.05) is 30.0 Å². The van der Waals surface area contributed by atoms with E-state index in [-0.39, 0.29) is 18.4 Å². The van der Waals surface area contributed by atoms with Crippen molar-refractivity contribution in [1.29, 1.82) is 0 Å². The van der Waals surface area contributed by atoms with Crippen molar-refractivity contribution in [2.24, 2.45) is 0 Å². The molecule has 3 rings (SSSR count). The fourth-order valence-corrected chi connectivity index (χ4v) is 3.25. The van der Waals surface area contributed by atoms with E-state index in [0.717, 1.165) is 30.6 Å². The first-order valence-corrected chi connectivity index (χ1v) is 10.1. The van der Waals surface area contributed by atoms with Crippen LogP contribution in [0, 0.1) is 6.92 Å². The molecule has 0 spiro atoms. The van der Waals surface area contributed by atoms with Crippen molar-refractivity contribution >= 4 is 23.2 Å². The lowest BCUT2D eigenvalue weighted by molar-refractivity contribution is -0.121. The van der Waals surface area contributed by atoms with E-state index in [4.69, 9.17) is 9.47 Å². The zero-order valence-electron chi connectivity index (χ0n) is 17.1. The maximum Gasteiger partial charge on any atom is 0.265 e. The van der Waals surface area contributed by atoms with Crippen LogP contribution < -0.4 is 19.7 Å². The molecular weight excluding hydrogens is 368 g/mol. The molecule has 154 valence electrons. The lowest BCUT2D eigenvalue weighted by Crippen LogP contribution is -2.39. The third-order valence-electron chi connectivity index (χ3n) is 4.79. The summed E-state index contributed by atoms with van der Waals surface area (Å²) in [5.74, 6) is 1.45. The normalized spacial score (nSPS) is 12.9. The van der Waals surface area contributed by atoms with E-state index >= 15 is 0 Å². The highest BCUT2D eigenvalue weighted by molar-refractivity contribution is 5.99. The lowest BCUT2D eigenvalue weighted by Gasteiger charge is -2.30. The van der Waals surface area contributed by atoms with E-state index in [0.29, 0.717) is 36.7 Å². The Balaban J connectivity index is 1.57. The molecule has 0 aromatic heterocycles. The van der Waals surface area contributed by atoms with E-state index in [1.807, 2.05) is 44.2 Å². The Hall–Kier alpha value is -3.02. The number of fused-ring (bicyclic) bond motifs is 1. The summed E-state index contributed by atoms with van der Waals surface area (Å²) in [5.41, 5.74) is 2.49.